The lowest BCUT2D eigenvalue weighted by Gasteiger charge is -2.14. The molecule has 0 amide bonds. The predicted octanol–water partition coefficient (Wildman–Crippen LogP) is 2.72. The molecule has 2 rings (SSSR count). The zero-order valence-corrected chi connectivity index (χ0v) is 15.4. The highest BCUT2D eigenvalue weighted by Gasteiger charge is 2.18. The maximum atomic E-state index is 10.8. The summed E-state index contributed by atoms with van der Waals surface area (Å²) < 4.78 is 15.2. The monoisotopic (exact) mass is 381 g/mol. The van der Waals surface area contributed by atoms with Crippen molar-refractivity contribution in [3.8, 4) is 17.2 Å². The first kappa shape index (κ1) is 20.3. The molecule has 0 saturated carbocycles. The third kappa shape index (κ3) is 7.06. The number of aromatic hydroxyl groups is 2. The molecular formula is C18H24NO6P. The molecule has 0 spiro atoms. The molecule has 2 aromatic carbocycles. The van der Waals surface area contributed by atoms with E-state index in [0.717, 1.165) is 18.4 Å². The van der Waals surface area contributed by atoms with Gasteiger partial charge in [-0.15, -0.1) is 0 Å². The molecule has 26 heavy (non-hydrogen) atoms. The van der Waals surface area contributed by atoms with Crippen molar-refractivity contribution in [1.29, 1.82) is 0 Å². The summed E-state index contributed by atoms with van der Waals surface area (Å²) in [6.45, 7) is 2.80. The molecule has 0 aliphatic carbocycles. The van der Waals surface area contributed by atoms with Gasteiger partial charge >= 0.3 is 7.82 Å². The second-order valence-corrected chi connectivity index (χ2v) is 7.36. The van der Waals surface area contributed by atoms with Crippen LogP contribution < -0.4 is 9.84 Å². The lowest BCUT2D eigenvalue weighted by atomic mass is 10.1. The van der Waals surface area contributed by atoms with Crippen LogP contribution in [-0.2, 0) is 17.4 Å². The molecule has 0 radical (unpaired) electrons. The van der Waals surface area contributed by atoms with Gasteiger partial charge in [-0.25, -0.2) is 4.57 Å². The van der Waals surface area contributed by atoms with Crippen molar-refractivity contribution >= 4 is 7.82 Å². The number of aryl methyl sites for hydroxylation is 1. The van der Waals surface area contributed by atoms with E-state index in [-0.39, 0.29) is 17.2 Å². The SMILES string of the molecule is CC(CCc1ccc(O)cc1)NCCc1ccc(OP(=O)(O)O)c(O)c1. The van der Waals surface area contributed by atoms with Gasteiger partial charge in [0.15, 0.2) is 11.5 Å². The van der Waals surface area contributed by atoms with Crippen LogP contribution in [0, 0.1) is 0 Å². The molecule has 1 unspecified atom stereocenters. The molecular weight excluding hydrogens is 357 g/mol. The van der Waals surface area contributed by atoms with Gasteiger partial charge in [0, 0.05) is 6.04 Å². The fourth-order valence-corrected chi connectivity index (χ4v) is 2.95. The molecule has 0 heterocycles. The van der Waals surface area contributed by atoms with Crippen LogP contribution in [0.1, 0.15) is 24.5 Å². The Morgan fingerprint density at radius 1 is 1.04 bits per heavy atom. The number of hydrogen-bond acceptors (Lipinski definition) is 5. The highest BCUT2D eigenvalue weighted by Crippen LogP contribution is 2.41. The average molecular weight is 381 g/mol. The summed E-state index contributed by atoms with van der Waals surface area (Å²) in [6.07, 6.45) is 2.52. The molecule has 5 N–H and O–H groups in total. The van der Waals surface area contributed by atoms with Crippen LogP contribution in [0.25, 0.3) is 0 Å². The van der Waals surface area contributed by atoms with Crippen LogP contribution in [0.2, 0.25) is 0 Å². The van der Waals surface area contributed by atoms with E-state index in [4.69, 9.17) is 9.79 Å². The minimum Gasteiger partial charge on any atom is -0.508 e. The smallest absolute Gasteiger partial charge is 0.508 e. The van der Waals surface area contributed by atoms with E-state index in [9.17, 15) is 14.8 Å². The van der Waals surface area contributed by atoms with Crippen LogP contribution in [0.3, 0.4) is 0 Å². The summed E-state index contributed by atoms with van der Waals surface area (Å²) in [5.74, 6) is -0.274. The second kappa shape index (κ2) is 9.05. The summed E-state index contributed by atoms with van der Waals surface area (Å²) in [5.41, 5.74) is 2.00. The minimum atomic E-state index is -4.69. The average Bonchev–Trinajstić information content (AvgIpc) is 2.56. The Morgan fingerprint density at radius 3 is 2.31 bits per heavy atom. The maximum Gasteiger partial charge on any atom is 0.524 e. The Bertz CT molecular complexity index is 759. The van der Waals surface area contributed by atoms with Crippen molar-refractivity contribution in [2.45, 2.75) is 32.2 Å². The van der Waals surface area contributed by atoms with Crippen molar-refractivity contribution in [3.05, 3.63) is 53.6 Å². The third-order valence-corrected chi connectivity index (χ3v) is 4.38. The van der Waals surface area contributed by atoms with Crippen molar-refractivity contribution in [2.24, 2.45) is 0 Å². The molecule has 142 valence electrons. The van der Waals surface area contributed by atoms with Gasteiger partial charge in [0.05, 0.1) is 0 Å². The quantitative estimate of drug-likeness (QED) is 0.424. The fourth-order valence-electron chi connectivity index (χ4n) is 2.53. The fraction of sp³-hybridized carbons (Fsp3) is 0.333. The number of hydrogen-bond donors (Lipinski definition) is 5. The van der Waals surface area contributed by atoms with E-state index in [1.54, 1.807) is 18.2 Å². The number of phosphoric ester groups is 1. The van der Waals surface area contributed by atoms with E-state index in [1.807, 2.05) is 12.1 Å². The topological polar surface area (TPSA) is 119 Å². The van der Waals surface area contributed by atoms with Gasteiger partial charge in [-0.1, -0.05) is 18.2 Å². The first-order valence-corrected chi connectivity index (χ1v) is 9.84. The molecule has 2 aromatic rings. The molecule has 0 bridgehead atoms. The lowest BCUT2D eigenvalue weighted by molar-refractivity contribution is 0.277. The van der Waals surface area contributed by atoms with Crippen molar-refractivity contribution in [3.63, 3.8) is 0 Å². The summed E-state index contributed by atoms with van der Waals surface area (Å²) in [5, 5.41) is 22.5. The minimum absolute atomic E-state index is 0.239. The van der Waals surface area contributed by atoms with Gasteiger partial charge in [-0.3, -0.25) is 9.79 Å². The number of phenols is 2. The zero-order chi connectivity index (χ0) is 19.2. The predicted molar refractivity (Wildman–Crippen MR) is 98.4 cm³/mol. The Morgan fingerprint density at radius 2 is 1.69 bits per heavy atom. The first-order valence-electron chi connectivity index (χ1n) is 8.31. The van der Waals surface area contributed by atoms with E-state index in [2.05, 4.69) is 16.8 Å². The van der Waals surface area contributed by atoms with Crippen LogP contribution in [0.5, 0.6) is 17.2 Å². The van der Waals surface area contributed by atoms with Crippen LogP contribution >= 0.6 is 7.82 Å². The number of phenolic OH excluding ortho intramolecular Hbond substituents is 2. The standard InChI is InChI=1S/C18H24NO6P/c1-13(2-3-14-4-7-16(20)8-5-14)19-11-10-15-6-9-18(17(21)12-15)25-26(22,23)24/h4-9,12-13,19-21H,2-3,10-11H2,1H3,(H2,22,23,24). The van der Waals surface area contributed by atoms with Gasteiger partial charge in [0.2, 0.25) is 0 Å². The van der Waals surface area contributed by atoms with Crippen molar-refractivity contribution in [2.75, 3.05) is 6.54 Å². The zero-order valence-electron chi connectivity index (χ0n) is 14.5. The van der Waals surface area contributed by atoms with Gasteiger partial charge in [-0.2, -0.15) is 0 Å². The van der Waals surface area contributed by atoms with Crippen molar-refractivity contribution < 1.29 is 29.1 Å². The summed E-state index contributed by atoms with van der Waals surface area (Å²) in [7, 11) is -4.69. The molecule has 0 saturated heterocycles. The second-order valence-electron chi connectivity index (χ2n) is 6.19. The molecule has 0 aliphatic rings. The van der Waals surface area contributed by atoms with Gasteiger partial charge in [0.1, 0.15) is 5.75 Å². The maximum absolute atomic E-state index is 10.8. The van der Waals surface area contributed by atoms with E-state index in [0.29, 0.717) is 19.0 Å². The highest BCUT2D eigenvalue weighted by atomic mass is 31.2. The molecule has 0 aromatic heterocycles. The molecule has 0 fully saturated rings. The van der Waals surface area contributed by atoms with Gasteiger partial charge in [-0.05, 0) is 68.1 Å². The number of benzene rings is 2. The number of nitrogens with one attached hydrogen (secondary N) is 1. The van der Waals surface area contributed by atoms with Gasteiger partial charge < -0.3 is 20.1 Å². The number of phosphoric acid groups is 1. The van der Waals surface area contributed by atoms with Crippen LogP contribution in [0.4, 0.5) is 0 Å². The number of rotatable bonds is 9. The molecule has 1 atom stereocenters. The normalized spacial score (nSPS) is 12.7. The van der Waals surface area contributed by atoms with Crippen molar-refractivity contribution in [1.82, 2.24) is 5.32 Å². The molecule has 8 heteroatoms. The third-order valence-electron chi connectivity index (χ3n) is 3.95. The Hall–Kier alpha value is -2.05. The Labute approximate surface area is 152 Å². The van der Waals surface area contributed by atoms with Gasteiger partial charge in [0.25, 0.3) is 0 Å². The van der Waals surface area contributed by atoms with Crippen LogP contribution in [0.15, 0.2) is 42.5 Å². The van der Waals surface area contributed by atoms with E-state index < -0.39 is 7.82 Å². The Balaban J connectivity index is 1.75. The summed E-state index contributed by atoms with van der Waals surface area (Å²) in [6, 6.07) is 11.9. The molecule has 7 nitrogen and oxygen atoms in total. The lowest BCUT2D eigenvalue weighted by Crippen LogP contribution is -2.28. The molecule has 0 aliphatic heterocycles. The Kier molecular flexibility index (Phi) is 7.06. The van der Waals surface area contributed by atoms with E-state index >= 15 is 0 Å². The van der Waals surface area contributed by atoms with Crippen LogP contribution in [-0.4, -0.2) is 32.6 Å². The highest BCUT2D eigenvalue weighted by molar-refractivity contribution is 7.46. The first-order chi connectivity index (χ1) is 12.2. The van der Waals surface area contributed by atoms with E-state index in [1.165, 1.54) is 17.7 Å². The summed E-state index contributed by atoms with van der Waals surface area (Å²) in [4.78, 5) is 17.5. The largest absolute Gasteiger partial charge is 0.524 e. The summed E-state index contributed by atoms with van der Waals surface area (Å²) >= 11 is 0.